The summed E-state index contributed by atoms with van der Waals surface area (Å²) in [7, 11) is 0. The van der Waals surface area contributed by atoms with Crippen LogP contribution in [-0.4, -0.2) is 35.8 Å². The molecule has 5 aliphatic rings. The highest BCUT2D eigenvalue weighted by molar-refractivity contribution is 7.00. The third-order valence-corrected chi connectivity index (χ3v) is 7.67. The van der Waals surface area contributed by atoms with Crippen LogP contribution in [0.25, 0.3) is 11.0 Å². The maximum absolute atomic E-state index is 14.2. The summed E-state index contributed by atoms with van der Waals surface area (Å²) in [5, 5.41) is 3.28. The first kappa shape index (κ1) is 16.2. The molecular formula is C20H17FN6OS. The van der Waals surface area contributed by atoms with E-state index in [1.54, 1.807) is 6.20 Å². The minimum Gasteiger partial charge on any atom is -0.324 e. The van der Waals surface area contributed by atoms with Gasteiger partial charge in [-0.05, 0) is 37.5 Å². The van der Waals surface area contributed by atoms with Crippen molar-refractivity contribution in [2.24, 2.45) is 0 Å². The summed E-state index contributed by atoms with van der Waals surface area (Å²) in [6.45, 7) is 1.99. The zero-order valence-corrected chi connectivity index (χ0v) is 16.5. The molecule has 1 amide bonds. The molecular weight excluding hydrogens is 391 g/mol. The Morgan fingerprint density at radius 2 is 1.90 bits per heavy atom. The summed E-state index contributed by atoms with van der Waals surface area (Å²) in [5.74, 6) is 1.19. The molecule has 9 heteroatoms. The van der Waals surface area contributed by atoms with Gasteiger partial charge in [0.1, 0.15) is 22.5 Å². The number of hydrogen-bond acceptors (Lipinski definition) is 7. The van der Waals surface area contributed by atoms with Gasteiger partial charge in [0.15, 0.2) is 0 Å². The normalized spacial score (nSPS) is 30.3. The van der Waals surface area contributed by atoms with Gasteiger partial charge in [0.25, 0.3) is 0 Å². The number of anilines is 3. The van der Waals surface area contributed by atoms with Gasteiger partial charge < -0.3 is 5.32 Å². The molecule has 3 aromatic rings. The summed E-state index contributed by atoms with van der Waals surface area (Å²) >= 11 is 1.18. The van der Waals surface area contributed by atoms with E-state index in [2.05, 4.69) is 19.0 Å². The van der Waals surface area contributed by atoms with Crippen LogP contribution in [0.3, 0.4) is 0 Å². The lowest BCUT2D eigenvalue weighted by Gasteiger charge is -2.68. The smallest absolute Gasteiger partial charge is 0.239 e. The Morgan fingerprint density at radius 1 is 1.17 bits per heavy atom. The van der Waals surface area contributed by atoms with Gasteiger partial charge in [-0.1, -0.05) is 0 Å². The van der Waals surface area contributed by atoms with Crippen LogP contribution in [0.1, 0.15) is 43.2 Å². The van der Waals surface area contributed by atoms with E-state index >= 15 is 0 Å². The van der Waals surface area contributed by atoms with Crippen molar-refractivity contribution >= 4 is 46.1 Å². The highest BCUT2D eigenvalue weighted by atomic mass is 32.1. The second kappa shape index (κ2) is 4.72. The highest BCUT2D eigenvalue weighted by Gasteiger charge is 2.76. The molecule has 0 unspecified atom stereocenters. The Balaban J connectivity index is 1.29. The number of carbonyl (C=O) groups is 1. The molecule has 1 N–H and O–H groups in total. The number of benzene rings is 1. The van der Waals surface area contributed by atoms with Crippen molar-refractivity contribution in [1.82, 2.24) is 18.7 Å². The van der Waals surface area contributed by atoms with E-state index in [1.807, 2.05) is 24.0 Å². The number of carbonyl (C=O) groups excluding carboxylic acids is 1. The van der Waals surface area contributed by atoms with Crippen LogP contribution in [0.5, 0.6) is 0 Å². The summed E-state index contributed by atoms with van der Waals surface area (Å²) < 4.78 is 22.8. The van der Waals surface area contributed by atoms with Gasteiger partial charge in [-0.3, -0.25) is 9.69 Å². The second-order valence-electron chi connectivity index (χ2n) is 9.10. The van der Waals surface area contributed by atoms with Crippen molar-refractivity contribution in [1.29, 1.82) is 0 Å². The lowest BCUT2D eigenvalue weighted by atomic mass is 9.46. The van der Waals surface area contributed by atoms with Crippen molar-refractivity contribution in [3.8, 4) is 0 Å². The average Bonchev–Trinajstić information content (AvgIpc) is 3.26. The van der Waals surface area contributed by atoms with E-state index in [0.717, 1.165) is 40.7 Å². The van der Waals surface area contributed by atoms with Gasteiger partial charge >= 0.3 is 0 Å². The standard InChI is InChI=1S/C20H17FN6OS/c1-10-4-13-14(26-29-25-13)5-12(10)23-17-22-6-11-15(24-17)27(16(28)20(11)2-3-20)19-7-18(21,8-19)9-19/h4-6H,2-3,7-9H2,1H3,(H,22,23,24). The summed E-state index contributed by atoms with van der Waals surface area (Å²) in [6, 6.07) is 3.91. The molecule has 1 aromatic carbocycles. The lowest BCUT2D eigenvalue weighted by molar-refractivity contribution is -0.160. The summed E-state index contributed by atoms with van der Waals surface area (Å²) in [6.07, 6.45) is 4.73. The van der Waals surface area contributed by atoms with E-state index < -0.39 is 11.1 Å². The Hall–Kier alpha value is -2.68. The number of amides is 1. The second-order valence-corrected chi connectivity index (χ2v) is 9.63. The van der Waals surface area contributed by atoms with E-state index in [9.17, 15) is 9.18 Å². The number of alkyl halides is 1. The third-order valence-electron chi connectivity index (χ3n) is 7.12. The number of halogens is 1. The van der Waals surface area contributed by atoms with Crippen LogP contribution >= 0.6 is 11.7 Å². The van der Waals surface area contributed by atoms with Gasteiger partial charge in [-0.2, -0.15) is 13.7 Å². The molecule has 7 nitrogen and oxygen atoms in total. The van der Waals surface area contributed by atoms with E-state index in [1.165, 1.54) is 11.7 Å². The van der Waals surface area contributed by atoms with Crippen LogP contribution in [0, 0.1) is 6.92 Å². The fourth-order valence-electron chi connectivity index (χ4n) is 5.46. The predicted octanol–water partition coefficient (Wildman–Crippen LogP) is 3.56. The average molecular weight is 408 g/mol. The fraction of sp³-hybridized carbons (Fsp3) is 0.450. The van der Waals surface area contributed by atoms with Crippen molar-refractivity contribution in [2.45, 2.75) is 55.7 Å². The number of nitrogens with zero attached hydrogens (tertiary/aromatic N) is 5. The van der Waals surface area contributed by atoms with Crippen LogP contribution in [-0.2, 0) is 10.2 Å². The van der Waals surface area contributed by atoms with Crippen LogP contribution in [0.15, 0.2) is 18.3 Å². The minimum absolute atomic E-state index is 0.0897. The van der Waals surface area contributed by atoms with Gasteiger partial charge in [-0.15, -0.1) is 0 Å². The Morgan fingerprint density at radius 3 is 2.59 bits per heavy atom. The van der Waals surface area contributed by atoms with Crippen LogP contribution < -0.4 is 10.2 Å². The summed E-state index contributed by atoms with van der Waals surface area (Å²) in [5.41, 5.74) is 2.55. The zero-order chi connectivity index (χ0) is 19.6. The first-order valence-corrected chi connectivity index (χ1v) is 10.6. The van der Waals surface area contributed by atoms with Gasteiger partial charge in [0, 0.05) is 36.7 Å². The molecule has 0 atom stereocenters. The summed E-state index contributed by atoms with van der Waals surface area (Å²) in [4.78, 5) is 24.3. The Labute approximate surface area is 169 Å². The molecule has 4 aliphatic carbocycles. The van der Waals surface area contributed by atoms with E-state index in [4.69, 9.17) is 4.98 Å². The SMILES string of the molecule is Cc1cc2nsnc2cc1Nc1ncc2c(n1)N(C13CC(F)(C1)C3)C(=O)C21CC1. The molecule has 0 saturated heterocycles. The van der Waals surface area contributed by atoms with Crippen molar-refractivity contribution in [3.63, 3.8) is 0 Å². The molecule has 2 aromatic heterocycles. The molecule has 1 aliphatic heterocycles. The van der Waals surface area contributed by atoms with E-state index in [-0.39, 0.29) is 11.4 Å². The number of aromatic nitrogens is 4. The Bertz CT molecular complexity index is 1230. The molecule has 8 rings (SSSR count). The van der Waals surface area contributed by atoms with E-state index in [0.29, 0.717) is 31.0 Å². The van der Waals surface area contributed by atoms with Crippen molar-refractivity contribution in [3.05, 3.63) is 29.5 Å². The molecule has 146 valence electrons. The quantitative estimate of drug-likeness (QED) is 0.714. The molecule has 2 bridgehead atoms. The number of rotatable bonds is 3. The molecule has 1 spiro atoms. The topological polar surface area (TPSA) is 83.9 Å². The number of hydrogen-bond donors (Lipinski definition) is 1. The Kier molecular flexibility index (Phi) is 2.63. The molecule has 3 heterocycles. The third kappa shape index (κ3) is 1.89. The lowest BCUT2D eigenvalue weighted by Crippen LogP contribution is -2.78. The van der Waals surface area contributed by atoms with Crippen molar-refractivity contribution in [2.75, 3.05) is 10.2 Å². The first-order valence-electron chi connectivity index (χ1n) is 9.83. The minimum atomic E-state index is -1.07. The van der Waals surface area contributed by atoms with Crippen molar-refractivity contribution < 1.29 is 9.18 Å². The monoisotopic (exact) mass is 408 g/mol. The van der Waals surface area contributed by atoms with Gasteiger partial charge in [0.05, 0.1) is 22.7 Å². The molecule has 4 fully saturated rings. The van der Waals surface area contributed by atoms with Gasteiger partial charge in [-0.25, -0.2) is 9.37 Å². The van der Waals surface area contributed by atoms with Crippen LogP contribution in [0.4, 0.5) is 21.8 Å². The van der Waals surface area contributed by atoms with Gasteiger partial charge in [0.2, 0.25) is 11.9 Å². The highest BCUT2D eigenvalue weighted by Crippen LogP contribution is 2.70. The molecule has 0 radical (unpaired) electrons. The number of nitrogens with one attached hydrogen (secondary N) is 1. The van der Waals surface area contributed by atoms with Crippen LogP contribution in [0.2, 0.25) is 0 Å². The molecule has 4 saturated carbocycles. The number of aryl methyl sites for hydroxylation is 1. The number of fused-ring (bicyclic) bond motifs is 3. The first-order chi connectivity index (χ1) is 13.9. The fourth-order valence-corrected chi connectivity index (χ4v) is 5.97. The maximum Gasteiger partial charge on any atom is 0.239 e. The zero-order valence-electron chi connectivity index (χ0n) is 15.7. The maximum atomic E-state index is 14.2. The largest absolute Gasteiger partial charge is 0.324 e. The molecule has 29 heavy (non-hydrogen) atoms. The predicted molar refractivity (Wildman–Crippen MR) is 106 cm³/mol.